The molecule has 0 spiro atoms. The summed E-state index contributed by atoms with van der Waals surface area (Å²) in [6.45, 7) is 7.15. The molecular weight excluding hydrogens is 508 g/mol. The Morgan fingerprint density at radius 1 is 0.793 bits per heavy atom. The summed E-state index contributed by atoms with van der Waals surface area (Å²) in [6.07, 6.45) is 0.984. The fourth-order valence-corrected chi connectivity index (χ4v) is 4.32. The summed E-state index contributed by atoms with van der Waals surface area (Å²) in [5.74, 6) is 1.10. The van der Waals surface area contributed by atoms with Gasteiger partial charge in [0.05, 0.1) is 9.85 Å². The summed E-state index contributed by atoms with van der Waals surface area (Å²) in [5.41, 5.74) is 4.08. The first-order chi connectivity index (χ1) is 13.6. The van der Waals surface area contributed by atoms with E-state index in [1.54, 1.807) is 13.8 Å². The maximum atomic E-state index is 11.5. The third-order valence-electron chi connectivity index (χ3n) is 4.91. The Labute approximate surface area is 186 Å². The summed E-state index contributed by atoms with van der Waals surface area (Å²) in [6, 6.07) is 3.05. The molecule has 0 radical (unpaired) electrons. The normalized spacial score (nSPS) is 10.8. The maximum Gasteiger partial charge on any atom is 0.273 e. The molecule has 9 heteroatoms. The van der Waals surface area contributed by atoms with Crippen LogP contribution in [-0.4, -0.2) is 20.5 Å². The highest BCUT2D eigenvalue weighted by molar-refractivity contribution is 9.09. The monoisotopic (exact) mass is 528 g/mol. The van der Waals surface area contributed by atoms with Crippen molar-refractivity contribution in [3.05, 3.63) is 65.7 Å². The molecule has 2 aromatic rings. The molecule has 0 aliphatic carbocycles. The van der Waals surface area contributed by atoms with E-state index in [4.69, 9.17) is 4.74 Å². The Morgan fingerprint density at radius 2 is 1.14 bits per heavy atom. The van der Waals surface area contributed by atoms with E-state index in [0.717, 1.165) is 0 Å². The van der Waals surface area contributed by atoms with Crippen LogP contribution < -0.4 is 4.74 Å². The van der Waals surface area contributed by atoms with Crippen molar-refractivity contribution in [3.8, 4) is 11.5 Å². The second-order valence-electron chi connectivity index (χ2n) is 6.78. The van der Waals surface area contributed by atoms with E-state index in [-0.39, 0.29) is 21.2 Å². The average Bonchev–Trinajstić information content (AvgIpc) is 2.64. The molecule has 156 valence electrons. The lowest BCUT2D eigenvalue weighted by Gasteiger charge is -2.19. The molecule has 0 aliphatic heterocycles. The van der Waals surface area contributed by atoms with E-state index in [2.05, 4.69) is 31.9 Å². The van der Waals surface area contributed by atoms with Crippen LogP contribution in [-0.2, 0) is 12.8 Å². The number of rotatable bonds is 8. The molecule has 0 aromatic heterocycles. The molecule has 0 saturated heterocycles. The fraction of sp³-hybridized carbons (Fsp3) is 0.400. The van der Waals surface area contributed by atoms with Gasteiger partial charge >= 0.3 is 0 Å². The molecule has 0 heterocycles. The van der Waals surface area contributed by atoms with Crippen molar-refractivity contribution in [2.45, 2.75) is 40.5 Å². The number of nitro groups is 2. The molecule has 0 fully saturated rings. The maximum absolute atomic E-state index is 11.5. The highest BCUT2D eigenvalue weighted by Gasteiger charge is 2.25. The van der Waals surface area contributed by atoms with Crippen LogP contribution in [0.3, 0.4) is 0 Å². The lowest BCUT2D eigenvalue weighted by molar-refractivity contribution is -0.385. The van der Waals surface area contributed by atoms with Crippen molar-refractivity contribution in [3.63, 3.8) is 0 Å². The first-order valence-electron chi connectivity index (χ1n) is 8.98. The number of hydrogen-bond donors (Lipinski definition) is 0. The number of halogens is 2. The third kappa shape index (κ3) is 4.78. The molecule has 0 atom stereocenters. The summed E-state index contributed by atoms with van der Waals surface area (Å²) >= 11 is 6.71. The molecule has 2 rings (SSSR count). The first-order valence-corrected chi connectivity index (χ1v) is 11.2. The predicted molar refractivity (Wildman–Crippen MR) is 120 cm³/mol. The summed E-state index contributed by atoms with van der Waals surface area (Å²) in [7, 11) is 0. The van der Waals surface area contributed by atoms with E-state index in [0.29, 0.717) is 68.4 Å². The van der Waals surface area contributed by atoms with E-state index in [1.165, 1.54) is 12.1 Å². The number of nitrogens with zero attached hydrogens (tertiary/aromatic N) is 2. The van der Waals surface area contributed by atoms with Gasteiger partial charge in [-0.2, -0.15) is 0 Å². The molecule has 0 aliphatic rings. The zero-order valence-corrected chi connectivity index (χ0v) is 19.8. The summed E-state index contributed by atoms with van der Waals surface area (Å²) < 4.78 is 6.27. The van der Waals surface area contributed by atoms with E-state index in [1.807, 2.05) is 13.8 Å². The average molecular weight is 530 g/mol. The van der Waals surface area contributed by atoms with Crippen molar-refractivity contribution < 1.29 is 14.6 Å². The van der Waals surface area contributed by atoms with Gasteiger partial charge in [0, 0.05) is 45.0 Å². The van der Waals surface area contributed by atoms with Crippen LogP contribution in [0.15, 0.2) is 12.1 Å². The zero-order valence-electron chi connectivity index (χ0n) is 16.7. The van der Waals surface area contributed by atoms with Crippen LogP contribution in [0.2, 0.25) is 0 Å². The van der Waals surface area contributed by atoms with Gasteiger partial charge in [-0.05, 0) is 51.7 Å². The highest BCUT2D eigenvalue weighted by Crippen LogP contribution is 2.41. The number of hydrogen-bond acceptors (Lipinski definition) is 5. The second-order valence-corrected chi connectivity index (χ2v) is 8.37. The predicted octanol–water partition coefficient (Wildman–Crippen LogP) is 6.40. The minimum Gasteiger partial charge on any atom is -0.456 e. The van der Waals surface area contributed by atoms with Gasteiger partial charge in [-0.15, -0.1) is 0 Å². The molecule has 0 saturated carbocycles. The van der Waals surface area contributed by atoms with Crippen molar-refractivity contribution in [2.75, 3.05) is 10.7 Å². The van der Waals surface area contributed by atoms with Crippen LogP contribution in [0.4, 0.5) is 11.4 Å². The van der Waals surface area contributed by atoms with Gasteiger partial charge in [0.25, 0.3) is 11.4 Å². The minimum absolute atomic E-state index is 0.0731. The molecule has 29 heavy (non-hydrogen) atoms. The number of alkyl halides is 2. The van der Waals surface area contributed by atoms with Gasteiger partial charge in [-0.1, -0.05) is 31.9 Å². The molecule has 0 unspecified atom stereocenters. The van der Waals surface area contributed by atoms with Crippen LogP contribution in [0.5, 0.6) is 11.5 Å². The van der Waals surface area contributed by atoms with Crippen LogP contribution in [0.1, 0.15) is 33.4 Å². The van der Waals surface area contributed by atoms with Crippen LogP contribution in [0, 0.1) is 47.9 Å². The van der Waals surface area contributed by atoms with Gasteiger partial charge < -0.3 is 4.74 Å². The Hall–Kier alpha value is -2.00. The van der Waals surface area contributed by atoms with Crippen molar-refractivity contribution in [2.24, 2.45) is 0 Å². The molecule has 7 nitrogen and oxygen atoms in total. The molecule has 0 N–H and O–H groups in total. The number of benzene rings is 2. The molecular formula is C20H22Br2N2O5. The number of aryl methyl sites for hydroxylation is 2. The zero-order chi connectivity index (χ0) is 21.9. The standard InChI is InChI=1S/C20H22Br2N2O5/c1-11-9-17(23(25)26)15(5-7-21)13(3)19(11)29-20-12(2)10-18(24(27)28)16(6-8-22)14(20)4/h9-10H,5-8H2,1-4H3. The SMILES string of the molecule is Cc1cc([N+](=O)[O-])c(CCBr)c(C)c1Oc1c(C)cc([N+](=O)[O-])c(CCBr)c1C. The van der Waals surface area contributed by atoms with Gasteiger partial charge in [-0.25, -0.2) is 0 Å². The molecule has 0 bridgehead atoms. The highest BCUT2D eigenvalue weighted by atomic mass is 79.9. The largest absolute Gasteiger partial charge is 0.456 e. The van der Waals surface area contributed by atoms with Crippen LogP contribution in [0.25, 0.3) is 0 Å². The van der Waals surface area contributed by atoms with Gasteiger partial charge in [0.2, 0.25) is 0 Å². The van der Waals surface area contributed by atoms with Crippen LogP contribution >= 0.6 is 31.9 Å². The molecule has 2 aromatic carbocycles. The summed E-state index contributed by atoms with van der Waals surface area (Å²) in [4.78, 5) is 22.2. The van der Waals surface area contributed by atoms with Gasteiger partial charge in [0.1, 0.15) is 11.5 Å². The van der Waals surface area contributed by atoms with Gasteiger partial charge in [0.15, 0.2) is 0 Å². The second kappa shape index (κ2) is 9.67. The minimum atomic E-state index is -0.377. The van der Waals surface area contributed by atoms with Crippen molar-refractivity contribution in [1.82, 2.24) is 0 Å². The summed E-state index contributed by atoms with van der Waals surface area (Å²) in [5, 5.41) is 24.1. The first kappa shape index (κ1) is 23.3. The van der Waals surface area contributed by atoms with E-state index < -0.39 is 0 Å². The fourth-order valence-electron chi connectivity index (χ4n) is 3.53. The Morgan fingerprint density at radius 3 is 1.41 bits per heavy atom. The Bertz CT molecular complexity index is 899. The van der Waals surface area contributed by atoms with E-state index >= 15 is 0 Å². The Balaban J connectivity index is 2.68. The van der Waals surface area contributed by atoms with E-state index in [9.17, 15) is 20.2 Å². The molecule has 0 amide bonds. The smallest absolute Gasteiger partial charge is 0.273 e. The lowest BCUT2D eigenvalue weighted by atomic mass is 9.98. The number of ether oxygens (including phenoxy) is 1. The van der Waals surface area contributed by atoms with Crippen molar-refractivity contribution in [1.29, 1.82) is 0 Å². The van der Waals surface area contributed by atoms with Gasteiger partial charge in [-0.3, -0.25) is 20.2 Å². The number of nitro benzene ring substituents is 2. The van der Waals surface area contributed by atoms with Crippen molar-refractivity contribution >= 4 is 43.2 Å². The Kier molecular flexibility index (Phi) is 7.76. The topological polar surface area (TPSA) is 95.5 Å². The quantitative estimate of drug-likeness (QED) is 0.224. The lowest BCUT2D eigenvalue weighted by Crippen LogP contribution is -2.06. The third-order valence-corrected chi connectivity index (χ3v) is 5.71.